The van der Waals surface area contributed by atoms with E-state index in [9.17, 15) is 4.79 Å². The van der Waals surface area contributed by atoms with Crippen molar-refractivity contribution in [1.29, 1.82) is 0 Å². The summed E-state index contributed by atoms with van der Waals surface area (Å²) in [6, 6.07) is 22.2. The summed E-state index contributed by atoms with van der Waals surface area (Å²) in [4.78, 5) is 14.4. The zero-order valence-corrected chi connectivity index (χ0v) is 25.2. The number of carbonyl (C=O) groups is 1. The number of nitrogens with one attached hydrogen (secondary N) is 2. The van der Waals surface area contributed by atoms with Crippen LogP contribution in [-0.2, 0) is 11.3 Å². The number of hydrogen-bond acceptors (Lipinski definition) is 6. The van der Waals surface area contributed by atoms with Crippen LogP contribution in [0, 0.1) is 6.92 Å². The van der Waals surface area contributed by atoms with Gasteiger partial charge in [-0.15, -0.1) is 0 Å². The monoisotopic (exact) mass is 556 g/mol. The van der Waals surface area contributed by atoms with E-state index in [-0.39, 0.29) is 12.1 Å². The van der Waals surface area contributed by atoms with Crippen LogP contribution in [0.1, 0.15) is 45.7 Å². The second kappa shape index (κ2) is 12.4. The predicted molar refractivity (Wildman–Crippen MR) is 164 cm³/mol. The van der Waals surface area contributed by atoms with E-state index in [0.29, 0.717) is 12.4 Å². The van der Waals surface area contributed by atoms with Crippen molar-refractivity contribution in [2.45, 2.75) is 59.7 Å². The Bertz CT molecular complexity index is 1470. The Labute approximate surface area is 242 Å². The third-order valence-electron chi connectivity index (χ3n) is 6.62. The minimum Gasteiger partial charge on any atom is -0.497 e. The summed E-state index contributed by atoms with van der Waals surface area (Å²) in [6.07, 6.45) is -0.315. The highest BCUT2D eigenvalue weighted by atomic mass is 16.6. The van der Waals surface area contributed by atoms with E-state index in [1.165, 1.54) is 0 Å². The first-order chi connectivity index (χ1) is 19.5. The first-order valence-corrected chi connectivity index (χ1v) is 13.7. The molecular weight excluding hydrogens is 516 g/mol. The number of aryl methyl sites for hydroxylation is 1. The number of aromatic amines is 1. The van der Waals surface area contributed by atoms with Gasteiger partial charge >= 0.3 is 6.09 Å². The fraction of sp³-hybridized carbons (Fsp3) is 0.333. The molecule has 4 rings (SSSR count). The molecule has 0 atom stereocenters. The van der Waals surface area contributed by atoms with Gasteiger partial charge in [0.1, 0.15) is 17.1 Å². The number of H-pyrrole nitrogens is 1. The van der Waals surface area contributed by atoms with E-state index >= 15 is 0 Å². The van der Waals surface area contributed by atoms with E-state index in [0.717, 1.165) is 50.7 Å². The van der Waals surface area contributed by atoms with Gasteiger partial charge in [-0.2, -0.15) is 5.10 Å². The van der Waals surface area contributed by atoms with Crippen molar-refractivity contribution in [1.82, 2.24) is 15.1 Å². The lowest BCUT2D eigenvalue weighted by molar-refractivity contribution is 0.0172. The number of anilines is 2. The number of benzene rings is 3. The van der Waals surface area contributed by atoms with Gasteiger partial charge in [0, 0.05) is 36.0 Å². The van der Waals surface area contributed by atoms with Gasteiger partial charge in [-0.1, -0.05) is 36.4 Å². The third kappa shape index (κ3) is 7.39. The van der Waals surface area contributed by atoms with E-state index in [4.69, 9.17) is 14.2 Å². The molecule has 0 aliphatic heterocycles. The highest BCUT2D eigenvalue weighted by molar-refractivity contribution is 5.77. The van der Waals surface area contributed by atoms with E-state index in [2.05, 4.69) is 46.7 Å². The van der Waals surface area contributed by atoms with Gasteiger partial charge < -0.3 is 24.4 Å². The summed E-state index contributed by atoms with van der Waals surface area (Å²) in [6.45, 7) is 12.1. The Morgan fingerprint density at radius 2 is 1.61 bits per heavy atom. The summed E-state index contributed by atoms with van der Waals surface area (Å²) in [5.41, 5.74) is 6.48. The fourth-order valence-corrected chi connectivity index (χ4v) is 4.54. The maximum Gasteiger partial charge on any atom is 0.410 e. The molecule has 3 aromatic carbocycles. The van der Waals surface area contributed by atoms with E-state index < -0.39 is 5.60 Å². The maximum absolute atomic E-state index is 12.7. The van der Waals surface area contributed by atoms with Gasteiger partial charge in [-0.3, -0.25) is 5.10 Å². The van der Waals surface area contributed by atoms with Crippen LogP contribution < -0.4 is 14.8 Å². The first kappa shape index (κ1) is 29.5. The van der Waals surface area contributed by atoms with Crippen molar-refractivity contribution in [3.63, 3.8) is 0 Å². The molecule has 8 nitrogen and oxygen atoms in total. The Morgan fingerprint density at radius 3 is 2.20 bits per heavy atom. The van der Waals surface area contributed by atoms with Gasteiger partial charge in [0.05, 0.1) is 19.9 Å². The van der Waals surface area contributed by atoms with Gasteiger partial charge in [-0.25, -0.2) is 4.79 Å². The van der Waals surface area contributed by atoms with Crippen LogP contribution in [0.3, 0.4) is 0 Å². The molecule has 2 N–H and O–H groups in total. The fourth-order valence-electron chi connectivity index (χ4n) is 4.54. The average Bonchev–Trinajstić information content (AvgIpc) is 3.39. The van der Waals surface area contributed by atoms with Crippen molar-refractivity contribution in [3.05, 3.63) is 77.9 Å². The quantitative estimate of drug-likeness (QED) is 0.217. The Balaban J connectivity index is 1.43. The Morgan fingerprint density at radius 1 is 0.951 bits per heavy atom. The zero-order valence-electron chi connectivity index (χ0n) is 25.2. The average molecular weight is 557 g/mol. The highest BCUT2D eigenvalue weighted by Gasteiger charge is 2.24. The molecule has 1 aromatic heterocycles. The molecule has 0 fully saturated rings. The van der Waals surface area contributed by atoms with Crippen LogP contribution in [0.25, 0.3) is 22.4 Å². The van der Waals surface area contributed by atoms with Crippen LogP contribution in [0.5, 0.6) is 11.5 Å². The SMILES string of the molecule is COc1cc(C)c(-c2ccc(-c3cc(Nc4ccc(CN(C(=O)OC(C)(C)C)C(C)C)cc4)n[nH]3)cc2)c(OC)c1. The molecule has 0 aliphatic rings. The van der Waals surface area contributed by atoms with Crippen molar-refractivity contribution in [2.24, 2.45) is 0 Å². The normalized spacial score (nSPS) is 11.3. The molecule has 216 valence electrons. The van der Waals surface area contributed by atoms with Gasteiger partial charge in [0.2, 0.25) is 0 Å². The second-order valence-corrected chi connectivity index (χ2v) is 11.3. The lowest BCUT2D eigenvalue weighted by atomic mass is 9.97. The van der Waals surface area contributed by atoms with Crippen LogP contribution in [0.15, 0.2) is 66.7 Å². The van der Waals surface area contributed by atoms with Gasteiger partial charge in [0.15, 0.2) is 5.82 Å². The maximum atomic E-state index is 12.7. The lowest BCUT2D eigenvalue weighted by Crippen LogP contribution is -2.40. The molecule has 0 saturated heterocycles. The molecule has 41 heavy (non-hydrogen) atoms. The zero-order chi connectivity index (χ0) is 29.7. The number of rotatable bonds is 9. The molecule has 1 heterocycles. The second-order valence-electron chi connectivity index (χ2n) is 11.3. The lowest BCUT2D eigenvalue weighted by Gasteiger charge is -2.30. The molecule has 4 aromatic rings. The largest absolute Gasteiger partial charge is 0.497 e. The molecule has 0 aliphatic carbocycles. The Kier molecular flexibility index (Phi) is 8.91. The van der Waals surface area contributed by atoms with Crippen LogP contribution in [-0.4, -0.2) is 47.1 Å². The summed E-state index contributed by atoms with van der Waals surface area (Å²) >= 11 is 0. The summed E-state index contributed by atoms with van der Waals surface area (Å²) in [5.74, 6) is 2.25. The molecule has 1 amide bonds. The number of amides is 1. The number of aromatic nitrogens is 2. The van der Waals surface area contributed by atoms with Crippen LogP contribution in [0.2, 0.25) is 0 Å². The molecular formula is C33H40N4O4. The molecule has 0 saturated carbocycles. The van der Waals surface area contributed by atoms with E-state index in [1.54, 1.807) is 19.1 Å². The highest BCUT2D eigenvalue weighted by Crippen LogP contribution is 2.37. The number of methoxy groups -OCH3 is 2. The summed E-state index contributed by atoms with van der Waals surface area (Å²) in [7, 11) is 3.32. The van der Waals surface area contributed by atoms with Crippen molar-refractivity contribution in [2.75, 3.05) is 19.5 Å². The molecule has 8 heteroatoms. The molecule has 0 bridgehead atoms. The van der Waals surface area contributed by atoms with Gasteiger partial charge in [0.25, 0.3) is 0 Å². The summed E-state index contributed by atoms with van der Waals surface area (Å²) in [5, 5.41) is 10.9. The van der Waals surface area contributed by atoms with Crippen LogP contribution in [0.4, 0.5) is 16.3 Å². The number of nitrogens with zero attached hydrogens (tertiary/aromatic N) is 2. The van der Waals surface area contributed by atoms with E-state index in [1.807, 2.05) is 77.1 Å². The smallest absolute Gasteiger partial charge is 0.410 e. The van der Waals surface area contributed by atoms with Crippen LogP contribution >= 0.6 is 0 Å². The third-order valence-corrected chi connectivity index (χ3v) is 6.62. The molecule has 0 radical (unpaired) electrons. The van der Waals surface area contributed by atoms with Crippen molar-refractivity contribution in [3.8, 4) is 33.9 Å². The number of hydrogen-bond donors (Lipinski definition) is 2. The molecule has 0 spiro atoms. The standard InChI is InChI=1S/C33H40N4O4/c1-21(2)37(32(38)41-33(4,5)6)20-23-9-15-26(16-10-23)34-30-19-28(35-36-30)24-11-13-25(14-12-24)31-22(3)17-27(39-7)18-29(31)40-8/h9-19,21H,20H2,1-8H3,(H2,34,35,36). The Hall–Kier alpha value is -4.46. The minimum absolute atomic E-state index is 0.0152. The topological polar surface area (TPSA) is 88.7 Å². The number of carbonyl (C=O) groups excluding carboxylic acids is 1. The molecule has 0 unspecified atom stereocenters. The first-order valence-electron chi connectivity index (χ1n) is 13.7. The number of ether oxygens (including phenoxy) is 3. The van der Waals surface area contributed by atoms with Gasteiger partial charge in [-0.05, 0) is 82.0 Å². The predicted octanol–water partition coefficient (Wildman–Crippen LogP) is 7.96. The van der Waals surface area contributed by atoms with Crippen molar-refractivity contribution >= 4 is 17.6 Å². The minimum atomic E-state index is -0.536. The van der Waals surface area contributed by atoms with Crippen molar-refractivity contribution < 1.29 is 19.0 Å². The summed E-state index contributed by atoms with van der Waals surface area (Å²) < 4.78 is 16.6.